The molecule has 1 amide bonds. The van der Waals surface area contributed by atoms with Crippen LogP contribution in [0.15, 0.2) is 65.4 Å². The maximum atomic E-state index is 12.8. The minimum atomic E-state index is -0.291. The van der Waals surface area contributed by atoms with Crippen molar-refractivity contribution in [2.75, 3.05) is 26.2 Å². The lowest BCUT2D eigenvalue weighted by atomic mass is 9.98. The molecule has 3 aromatic rings. The van der Waals surface area contributed by atoms with Gasteiger partial charge in [-0.15, -0.1) is 12.4 Å². The highest BCUT2D eigenvalue weighted by Gasteiger charge is 2.31. The van der Waals surface area contributed by atoms with Gasteiger partial charge in [-0.2, -0.15) is 0 Å². The van der Waals surface area contributed by atoms with E-state index < -0.39 is 0 Å². The Morgan fingerprint density at radius 3 is 2.32 bits per heavy atom. The molecule has 0 saturated carbocycles. The van der Waals surface area contributed by atoms with Crippen LogP contribution in [0.5, 0.6) is 0 Å². The predicted molar refractivity (Wildman–Crippen MR) is 124 cm³/mol. The zero-order chi connectivity index (χ0) is 20.5. The highest BCUT2D eigenvalue weighted by atomic mass is 79.9. The first-order valence-corrected chi connectivity index (χ1v) is 10.8. The number of carbonyl (C=O) groups is 1. The first-order valence-electron chi connectivity index (χ1n) is 10.0. The Bertz CT molecular complexity index is 1030. The van der Waals surface area contributed by atoms with Crippen LogP contribution in [0.25, 0.3) is 11.1 Å². The zero-order valence-corrected chi connectivity index (χ0v) is 19.1. The van der Waals surface area contributed by atoms with Crippen LogP contribution >= 0.6 is 28.3 Å². The van der Waals surface area contributed by atoms with E-state index in [1.54, 1.807) is 17.3 Å². The van der Waals surface area contributed by atoms with Crippen LogP contribution in [0, 0.1) is 0 Å². The highest BCUT2D eigenvalue weighted by Crippen LogP contribution is 2.44. The largest absolute Gasteiger partial charge is 0.448 e. The maximum absolute atomic E-state index is 12.8. The van der Waals surface area contributed by atoms with E-state index in [0.29, 0.717) is 32.1 Å². The number of fused-ring (bicyclic) bond motifs is 3. The van der Waals surface area contributed by atoms with Gasteiger partial charge in [-0.05, 0) is 38.2 Å². The van der Waals surface area contributed by atoms with Crippen LogP contribution < -0.4 is 5.32 Å². The molecule has 2 aliphatic rings. The smallest absolute Gasteiger partial charge is 0.409 e. The van der Waals surface area contributed by atoms with Crippen LogP contribution in [-0.2, 0) is 4.74 Å². The van der Waals surface area contributed by atoms with Gasteiger partial charge in [0.15, 0.2) is 0 Å². The molecule has 1 unspecified atom stereocenters. The standard InChI is InChI=1S/C23H21BrN4O2.ClH/c24-15-11-26-22(27-12-15)21-13-28(10-9-25-21)23(29)30-14-20-18-7-3-1-5-16(18)17-6-2-4-8-19(17)20;/h1-8,11-12,20-21,25H,9-10,13-14H2;1H. The summed E-state index contributed by atoms with van der Waals surface area (Å²) >= 11 is 3.35. The van der Waals surface area contributed by atoms with Gasteiger partial charge < -0.3 is 15.0 Å². The molecule has 6 nitrogen and oxygen atoms in total. The molecular formula is C23H22BrClN4O2. The number of ether oxygens (including phenoxy) is 1. The van der Waals surface area contributed by atoms with Gasteiger partial charge in [0.1, 0.15) is 12.4 Å². The summed E-state index contributed by atoms with van der Waals surface area (Å²) in [6.07, 6.45) is 3.15. The number of piperazine rings is 1. The summed E-state index contributed by atoms with van der Waals surface area (Å²) in [5, 5.41) is 3.37. The van der Waals surface area contributed by atoms with Crippen LogP contribution in [0.4, 0.5) is 4.79 Å². The molecule has 0 radical (unpaired) electrons. The van der Waals surface area contributed by atoms with Crippen LogP contribution in [-0.4, -0.2) is 47.2 Å². The molecule has 5 rings (SSSR count). The number of amides is 1. The van der Waals surface area contributed by atoms with E-state index in [1.165, 1.54) is 22.3 Å². The number of halogens is 2. The number of hydrogen-bond donors (Lipinski definition) is 1. The third-order valence-electron chi connectivity index (χ3n) is 5.72. The highest BCUT2D eigenvalue weighted by molar-refractivity contribution is 9.10. The molecule has 1 aliphatic heterocycles. The zero-order valence-electron chi connectivity index (χ0n) is 16.7. The Morgan fingerprint density at radius 1 is 1.06 bits per heavy atom. The average Bonchev–Trinajstić information content (AvgIpc) is 3.12. The molecule has 31 heavy (non-hydrogen) atoms. The van der Waals surface area contributed by atoms with Crippen LogP contribution in [0.1, 0.15) is 28.9 Å². The summed E-state index contributed by atoms with van der Waals surface area (Å²) in [7, 11) is 0. The lowest BCUT2D eigenvalue weighted by Crippen LogP contribution is -2.49. The van der Waals surface area contributed by atoms with E-state index >= 15 is 0 Å². The SMILES string of the molecule is Cl.O=C(OCC1c2ccccc2-c2ccccc21)N1CCNC(c2ncc(Br)cn2)C1. The second-order valence-corrected chi connectivity index (χ2v) is 8.43. The molecule has 1 N–H and O–H groups in total. The number of aromatic nitrogens is 2. The number of nitrogens with one attached hydrogen (secondary N) is 1. The Morgan fingerprint density at radius 2 is 1.68 bits per heavy atom. The summed E-state index contributed by atoms with van der Waals surface area (Å²) < 4.78 is 6.62. The van der Waals surface area contributed by atoms with Crippen molar-refractivity contribution in [3.63, 3.8) is 0 Å². The second kappa shape index (κ2) is 9.34. The van der Waals surface area contributed by atoms with Gasteiger partial charge in [0.05, 0.1) is 10.5 Å². The van der Waals surface area contributed by atoms with Crippen molar-refractivity contribution in [2.45, 2.75) is 12.0 Å². The molecule has 2 heterocycles. The second-order valence-electron chi connectivity index (χ2n) is 7.52. The van der Waals surface area contributed by atoms with E-state index in [1.807, 2.05) is 12.1 Å². The third kappa shape index (κ3) is 4.31. The fourth-order valence-corrected chi connectivity index (χ4v) is 4.48. The van der Waals surface area contributed by atoms with Crippen molar-refractivity contribution in [3.8, 4) is 11.1 Å². The molecule has 1 aliphatic carbocycles. The summed E-state index contributed by atoms with van der Waals surface area (Å²) in [6.45, 7) is 2.09. The van der Waals surface area contributed by atoms with E-state index in [4.69, 9.17) is 4.74 Å². The molecule has 8 heteroatoms. The van der Waals surface area contributed by atoms with Crippen LogP contribution in [0.2, 0.25) is 0 Å². The summed E-state index contributed by atoms with van der Waals surface area (Å²) in [6, 6.07) is 16.6. The van der Waals surface area contributed by atoms with Gasteiger partial charge in [-0.25, -0.2) is 14.8 Å². The van der Waals surface area contributed by atoms with Crippen molar-refractivity contribution in [3.05, 3.63) is 82.3 Å². The van der Waals surface area contributed by atoms with Gasteiger partial charge in [0, 0.05) is 37.9 Å². The Labute approximate surface area is 195 Å². The van der Waals surface area contributed by atoms with Crippen molar-refractivity contribution in [2.24, 2.45) is 0 Å². The molecule has 1 saturated heterocycles. The Balaban J connectivity index is 0.00000231. The van der Waals surface area contributed by atoms with Crippen LogP contribution in [0.3, 0.4) is 0 Å². The average molecular weight is 502 g/mol. The summed E-state index contributed by atoms with van der Waals surface area (Å²) in [5.74, 6) is 0.740. The number of hydrogen-bond acceptors (Lipinski definition) is 5. The van der Waals surface area contributed by atoms with Gasteiger partial charge in [0.25, 0.3) is 0 Å². The Hall–Kier alpha value is -2.48. The minimum Gasteiger partial charge on any atom is -0.448 e. The molecule has 1 atom stereocenters. The minimum absolute atomic E-state index is 0. The predicted octanol–water partition coefficient (Wildman–Crippen LogP) is 4.56. The lowest BCUT2D eigenvalue weighted by molar-refractivity contribution is 0.0876. The number of rotatable bonds is 3. The van der Waals surface area contributed by atoms with E-state index in [-0.39, 0.29) is 30.5 Å². The third-order valence-corrected chi connectivity index (χ3v) is 6.13. The molecule has 1 fully saturated rings. The quantitative estimate of drug-likeness (QED) is 0.570. The molecule has 0 bridgehead atoms. The number of nitrogens with zero attached hydrogens (tertiary/aromatic N) is 3. The maximum Gasteiger partial charge on any atom is 0.409 e. The molecule has 160 valence electrons. The van der Waals surface area contributed by atoms with Crippen molar-refractivity contribution in [1.82, 2.24) is 20.2 Å². The summed E-state index contributed by atoms with van der Waals surface area (Å²) in [4.78, 5) is 23.3. The number of carbonyl (C=O) groups excluding carboxylic acids is 1. The van der Waals surface area contributed by atoms with Crippen molar-refractivity contribution >= 4 is 34.4 Å². The van der Waals surface area contributed by atoms with Gasteiger partial charge >= 0.3 is 6.09 Å². The normalized spacial score (nSPS) is 17.5. The van der Waals surface area contributed by atoms with E-state index in [0.717, 1.165) is 4.47 Å². The van der Waals surface area contributed by atoms with Gasteiger partial charge in [0.2, 0.25) is 0 Å². The Kier molecular flexibility index (Phi) is 6.55. The van der Waals surface area contributed by atoms with E-state index in [2.05, 4.69) is 67.6 Å². The number of benzene rings is 2. The summed E-state index contributed by atoms with van der Waals surface area (Å²) in [5.41, 5.74) is 4.88. The topological polar surface area (TPSA) is 67.3 Å². The fourth-order valence-electron chi connectivity index (χ4n) is 4.28. The first kappa shape index (κ1) is 21.7. The molecule has 1 aromatic heterocycles. The van der Waals surface area contributed by atoms with Gasteiger partial charge in [-0.3, -0.25) is 0 Å². The first-order chi connectivity index (χ1) is 14.7. The van der Waals surface area contributed by atoms with Crippen molar-refractivity contribution < 1.29 is 9.53 Å². The fraction of sp³-hybridized carbons (Fsp3) is 0.261. The monoisotopic (exact) mass is 500 g/mol. The molecule has 0 spiro atoms. The lowest BCUT2D eigenvalue weighted by Gasteiger charge is -2.32. The molecular weight excluding hydrogens is 480 g/mol. The van der Waals surface area contributed by atoms with Crippen molar-refractivity contribution in [1.29, 1.82) is 0 Å². The van der Waals surface area contributed by atoms with Gasteiger partial charge in [-0.1, -0.05) is 48.5 Å². The molecule has 2 aromatic carbocycles. The van der Waals surface area contributed by atoms with E-state index in [9.17, 15) is 4.79 Å².